The van der Waals surface area contributed by atoms with E-state index in [0.29, 0.717) is 0 Å². The van der Waals surface area contributed by atoms with Crippen molar-refractivity contribution in [2.45, 2.75) is 6.43 Å². The Labute approximate surface area is 119 Å². The molecule has 0 aliphatic heterocycles. The van der Waals surface area contributed by atoms with Gasteiger partial charge in [0.05, 0.1) is 4.47 Å². The Bertz CT molecular complexity index is 680. The number of rotatable bonds is 3. The van der Waals surface area contributed by atoms with E-state index in [-0.39, 0.29) is 15.9 Å². The van der Waals surface area contributed by atoms with Gasteiger partial charge in [0.15, 0.2) is 5.82 Å². The summed E-state index contributed by atoms with van der Waals surface area (Å²) in [7, 11) is 0. The highest BCUT2D eigenvalue weighted by Gasteiger charge is 2.21. The first-order chi connectivity index (χ1) is 9.40. The highest BCUT2D eigenvalue weighted by Crippen LogP contribution is 2.26. The van der Waals surface area contributed by atoms with Crippen molar-refractivity contribution >= 4 is 21.9 Å². The molecule has 1 aromatic heterocycles. The molecular formula is C12H6BrF3N2O2. The SMILES string of the molecule is O=C(O)c1cnc(-c2ccc(F)c(Br)c2)nc1C(F)F. The molecule has 0 fully saturated rings. The Morgan fingerprint density at radius 3 is 2.60 bits per heavy atom. The lowest BCUT2D eigenvalue weighted by Crippen LogP contribution is -2.08. The van der Waals surface area contributed by atoms with E-state index in [4.69, 9.17) is 5.11 Å². The number of hydrogen-bond donors (Lipinski definition) is 1. The third-order valence-corrected chi connectivity index (χ3v) is 3.04. The fourth-order valence-corrected chi connectivity index (χ4v) is 1.88. The van der Waals surface area contributed by atoms with Crippen LogP contribution in [0, 0.1) is 5.82 Å². The van der Waals surface area contributed by atoms with Crippen LogP contribution in [0.2, 0.25) is 0 Å². The zero-order valence-electron chi connectivity index (χ0n) is 9.65. The van der Waals surface area contributed by atoms with Crippen molar-refractivity contribution in [1.82, 2.24) is 9.97 Å². The first kappa shape index (κ1) is 14.4. The molecule has 0 aliphatic carbocycles. The van der Waals surface area contributed by atoms with E-state index in [1.165, 1.54) is 12.1 Å². The number of nitrogens with zero attached hydrogens (tertiary/aromatic N) is 2. The second kappa shape index (κ2) is 5.58. The molecule has 0 bridgehead atoms. The van der Waals surface area contributed by atoms with Crippen LogP contribution < -0.4 is 0 Å². The number of carbonyl (C=O) groups is 1. The van der Waals surface area contributed by atoms with Crippen LogP contribution in [-0.4, -0.2) is 21.0 Å². The van der Waals surface area contributed by atoms with Gasteiger partial charge in [-0.2, -0.15) is 0 Å². The minimum absolute atomic E-state index is 0.106. The number of carboxylic acids is 1. The smallest absolute Gasteiger partial charge is 0.339 e. The van der Waals surface area contributed by atoms with E-state index in [9.17, 15) is 18.0 Å². The lowest BCUT2D eigenvalue weighted by molar-refractivity contribution is 0.0681. The van der Waals surface area contributed by atoms with Crippen molar-refractivity contribution in [3.8, 4) is 11.4 Å². The zero-order valence-corrected chi connectivity index (χ0v) is 11.2. The van der Waals surface area contributed by atoms with Gasteiger partial charge in [0.1, 0.15) is 17.1 Å². The van der Waals surface area contributed by atoms with Gasteiger partial charge in [-0.1, -0.05) is 0 Å². The van der Waals surface area contributed by atoms with Gasteiger partial charge < -0.3 is 5.11 Å². The largest absolute Gasteiger partial charge is 0.478 e. The van der Waals surface area contributed by atoms with Gasteiger partial charge >= 0.3 is 5.97 Å². The maximum atomic E-state index is 13.1. The number of alkyl halides is 2. The van der Waals surface area contributed by atoms with E-state index in [1.807, 2.05) is 0 Å². The van der Waals surface area contributed by atoms with Crippen LogP contribution >= 0.6 is 15.9 Å². The molecular weight excluding hydrogens is 341 g/mol. The minimum atomic E-state index is -3.05. The van der Waals surface area contributed by atoms with Crippen molar-refractivity contribution in [3.63, 3.8) is 0 Å². The van der Waals surface area contributed by atoms with Crippen molar-refractivity contribution in [1.29, 1.82) is 0 Å². The van der Waals surface area contributed by atoms with Gasteiger partial charge in [-0.05, 0) is 34.1 Å². The Hall–Kier alpha value is -1.96. The third kappa shape index (κ3) is 2.79. The number of aromatic carboxylic acids is 1. The minimum Gasteiger partial charge on any atom is -0.478 e. The first-order valence-corrected chi connectivity index (χ1v) is 6.03. The molecule has 0 unspecified atom stereocenters. The van der Waals surface area contributed by atoms with Gasteiger partial charge in [-0.3, -0.25) is 0 Å². The summed E-state index contributed by atoms with van der Waals surface area (Å²) >= 11 is 2.96. The summed E-state index contributed by atoms with van der Waals surface area (Å²) in [4.78, 5) is 18.1. The third-order valence-electron chi connectivity index (χ3n) is 2.43. The van der Waals surface area contributed by atoms with Crippen LogP contribution in [0.1, 0.15) is 22.5 Å². The molecule has 0 amide bonds. The molecule has 0 saturated carbocycles. The van der Waals surface area contributed by atoms with Crippen LogP contribution in [0.15, 0.2) is 28.9 Å². The average Bonchev–Trinajstić information content (AvgIpc) is 2.41. The molecule has 8 heteroatoms. The summed E-state index contributed by atoms with van der Waals surface area (Å²) in [5.41, 5.74) is -1.25. The Balaban J connectivity index is 2.55. The molecule has 0 aliphatic rings. The quantitative estimate of drug-likeness (QED) is 0.920. The summed E-state index contributed by atoms with van der Waals surface area (Å²) in [6.07, 6.45) is -2.24. The van der Waals surface area contributed by atoms with E-state index in [0.717, 1.165) is 12.3 Å². The maximum absolute atomic E-state index is 13.1. The second-order valence-corrected chi connectivity index (χ2v) is 4.58. The summed E-state index contributed by atoms with van der Waals surface area (Å²) in [5.74, 6) is -2.16. The van der Waals surface area contributed by atoms with Crippen LogP contribution in [0.25, 0.3) is 11.4 Å². The lowest BCUT2D eigenvalue weighted by Gasteiger charge is -2.07. The van der Waals surface area contributed by atoms with Gasteiger partial charge in [0, 0.05) is 11.8 Å². The summed E-state index contributed by atoms with van der Waals surface area (Å²) in [6.45, 7) is 0. The second-order valence-electron chi connectivity index (χ2n) is 3.73. The molecule has 1 heterocycles. The molecule has 20 heavy (non-hydrogen) atoms. The summed E-state index contributed by atoms with van der Waals surface area (Å²) in [6, 6.07) is 3.75. The predicted molar refractivity (Wildman–Crippen MR) is 67.0 cm³/mol. The van der Waals surface area contributed by atoms with Crippen LogP contribution in [0.4, 0.5) is 13.2 Å². The van der Waals surface area contributed by atoms with Crippen molar-refractivity contribution in [2.75, 3.05) is 0 Å². The molecule has 104 valence electrons. The number of halogens is 4. The number of benzene rings is 1. The standard InChI is InChI=1S/C12H6BrF3N2O2/c13-7-3-5(1-2-8(7)14)11-17-4-6(12(19)20)9(18-11)10(15)16/h1-4,10H,(H,19,20). The van der Waals surface area contributed by atoms with Gasteiger partial charge in [-0.25, -0.2) is 27.9 Å². The van der Waals surface area contributed by atoms with Crippen LogP contribution in [-0.2, 0) is 0 Å². The average molecular weight is 347 g/mol. The number of hydrogen-bond acceptors (Lipinski definition) is 3. The zero-order chi connectivity index (χ0) is 14.9. The van der Waals surface area contributed by atoms with Gasteiger partial charge in [0.25, 0.3) is 6.43 Å². The molecule has 1 N–H and O–H groups in total. The molecule has 2 rings (SSSR count). The maximum Gasteiger partial charge on any atom is 0.339 e. The van der Waals surface area contributed by atoms with Crippen molar-refractivity contribution in [2.24, 2.45) is 0 Å². The molecule has 0 radical (unpaired) electrons. The first-order valence-electron chi connectivity index (χ1n) is 5.24. The summed E-state index contributed by atoms with van der Waals surface area (Å²) < 4.78 is 38.8. The Morgan fingerprint density at radius 1 is 1.35 bits per heavy atom. The Kier molecular flexibility index (Phi) is 4.03. The highest BCUT2D eigenvalue weighted by molar-refractivity contribution is 9.10. The fourth-order valence-electron chi connectivity index (χ4n) is 1.50. The molecule has 0 atom stereocenters. The molecule has 4 nitrogen and oxygen atoms in total. The highest BCUT2D eigenvalue weighted by atomic mass is 79.9. The monoisotopic (exact) mass is 346 g/mol. The van der Waals surface area contributed by atoms with E-state index < -0.39 is 29.5 Å². The van der Waals surface area contributed by atoms with Gasteiger partial charge in [-0.15, -0.1) is 0 Å². The molecule has 0 saturated heterocycles. The van der Waals surface area contributed by atoms with E-state index in [2.05, 4.69) is 25.9 Å². The van der Waals surface area contributed by atoms with E-state index in [1.54, 1.807) is 0 Å². The molecule has 2 aromatic rings. The predicted octanol–water partition coefficient (Wildman–Crippen LogP) is 3.68. The number of carboxylic acid groups (broad SMARTS) is 1. The fraction of sp³-hybridized carbons (Fsp3) is 0.0833. The Morgan fingerprint density at radius 2 is 2.05 bits per heavy atom. The number of aromatic nitrogens is 2. The lowest BCUT2D eigenvalue weighted by atomic mass is 10.2. The summed E-state index contributed by atoms with van der Waals surface area (Å²) in [5, 5.41) is 8.79. The van der Waals surface area contributed by atoms with Crippen LogP contribution in [0.3, 0.4) is 0 Å². The molecule has 1 aromatic carbocycles. The topological polar surface area (TPSA) is 63.1 Å². The molecule has 0 spiro atoms. The van der Waals surface area contributed by atoms with Crippen LogP contribution in [0.5, 0.6) is 0 Å². The van der Waals surface area contributed by atoms with Gasteiger partial charge in [0.2, 0.25) is 0 Å². The van der Waals surface area contributed by atoms with Crippen molar-refractivity contribution in [3.05, 3.63) is 45.9 Å². The van der Waals surface area contributed by atoms with E-state index >= 15 is 0 Å². The normalized spacial score (nSPS) is 10.8. The van der Waals surface area contributed by atoms with Crippen molar-refractivity contribution < 1.29 is 23.1 Å².